The fraction of sp³-hybridized carbons (Fsp3) is 0.300. The van der Waals surface area contributed by atoms with Gasteiger partial charge in [0.1, 0.15) is 5.75 Å². The summed E-state index contributed by atoms with van der Waals surface area (Å²) in [5.41, 5.74) is 3.82. The molecule has 2 rings (SSSR count). The SMILES string of the molecule is COc1csc(C(NN)c2cnn(C)c2)c1. The smallest absolute Gasteiger partial charge is 0.129 e. The highest BCUT2D eigenvalue weighted by molar-refractivity contribution is 7.10. The molecule has 1 unspecified atom stereocenters. The lowest BCUT2D eigenvalue weighted by Crippen LogP contribution is -2.27. The zero-order valence-electron chi connectivity index (χ0n) is 9.18. The molecule has 5 nitrogen and oxygen atoms in total. The van der Waals surface area contributed by atoms with Crippen molar-refractivity contribution in [1.29, 1.82) is 0 Å². The molecule has 0 fully saturated rings. The van der Waals surface area contributed by atoms with E-state index in [1.165, 1.54) is 0 Å². The van der Waals surface area contributed by atoms with Gasteiger partial charge in [0.2, 0.25) is 0 Å². The Labute approximate surface area is 97.8 Å². The van der Waals surface area contributed by atoms with Crippen molar-refractivity contribution in [3.8, 4) is 5.75 Å². The average molecular weight is 238 g/mol. The third kappa shape index (κ3) is 2.08. The Hall–Kier alpha value is -1.37. The highest BCUT2D eigenvalue weighted by atomic mass is 32.1. The Morgan fingerprint density at radius 2 is 2.44 bits per heavy atom. The van der Waals surface area contributed by atoms with Crippen molar-refractivity contribution in [3.05, 3.63) is 34.3 Å². The lowest BCUT2D eigenvalue weighted by Gasteiger charge is -2.11. The number of nitrogens with zero attached hydrogens (tertiary/aromatic N) is 2. The largest absolute Gasteiger partial charge is 0.496 e. The van der Waals surface area contributed by atoms with Gasteiger partial charge in [-0.1, -0.05) is 0 Å². The molecule has 2 heterocycles. The monoisotopic (exact) mass is 238 g/mol. The Morgan fingerprint density at radius 1 is 1.62 bits per heavy atom. The summed E-state index contributed by atoms with van der Waals surface area (Å²) in [5, 5.41) is 6.09. The van der Waals surface area contributed by atoms with Crippen molar-refractivity contribution in [3.63, 3.8) is 0 Å². The number of nitrogens with two attached hydrogens (primary N) is 1. The molecule has 0 saturated carbocycles. The van der Waals surface area contributed by atoms with E-state index in [4.69, 9.17) is 10.6 Å². The quantitative estimate of drug-likeness (QED) is 0.617. The van der Waals surface area contributed by atoms with Crippen molar-refractivity contribution >= 4 is 11.3 Å². The van der Waals surface area contributed by atoms with Crippen molar-refractivity contribution in [1.82, 2.24) is 15.2 Å². The third-order valence-corrected chi connectivity index (χ3v) is 3.32. The van der Waals surface area contributed by atoms with Gasteiger partial charge in [0.05, 0.1) is 19.3 Å². The number of hydrogen-bond donors (Lipinski definition) is 2. The van der Waals surface area contributed by atoms with E-state index in [-0.39, 0.29) is 6.04 Å². The van der Waals surface area contributed by atoms with Gasteiger partial charge in [-0.05, 0) is 6.07 Å². The van der Waals surface area contributed by atoms with Gasteiger partial charge in [0.15, 0.2) is 0 Å². The molecule has 3 N–H and O–H groups in total. The first kappa shape index (κ1) is 11.1. The van der Waals surface area contributed by atoms with Gasteiger partial charge in [-0.25, -0.2) is 5.43 Å². The molecule has 6 heteroatoms. The number of rotatable bonds is 4. The van der Waals surface area contributed by atoms with Crippen LogP contribution in [0.1, 0.15) is 16.5 Å². The number of methoxy groups -OCH3 is 1. The first-order valence-corrected chi connectivity index (χ1v) is 5.69. The van der Waals surface area contributed by atoms with Crippen LogP contribution in [0.15, 0.2) is 23.8 Å². The minimum atomic E-state index is -0.0393. The minimum absolute atomic E-state index is 0.0393. The van der Waals surface area contributed by atoms with Crippen LogP contribution in [0.4, 0.5) is 0 Å². The van der Waals surface area contributed by atoms with Gasteiger partial charge in [0.25, 0.3) is 0 Å². The van der Waals surface area contributed by atoms with Crippen molar-refractivity contribution in [2.75, 3.05) is 7.11 Å². The number of hydrazine groups is 1. The topological polar surface area (TPSA) is 65.1 Å². The highest BCUT2D eigenvalue weighted by Gasteiger charge is 2.16. The van der Waals surface area contributed by atoms with Crippen molar-refractivity contribution < 1.29 is 4.74 Å². The molecular weight excluding hydrogens is 224 g/mol. The zero-order valence-corrected chi connectivity index (χ0v) is 9.99. The first-order chi connectivity index (χ1) is 7.74. The van der Waals surface area contributed by atoms with Gasteiger partial charge in [0, 0.05) is 29.1 Å². The molecular formula is C10H14N4OS. The lowest BCUT2D eigenvalue weighted by atomic mass is 10.1. The molecule has 2 aromatic rings. The van der Waals surface area contributed by atoms with Crippen LogP contribution < -0.4 is 16.0 Å². The lowest BCUT2D eigenvalue weighted by molar-refractivity contribution is 0.416. The van der Waals surface area contributed by atoms with Crippen LogP contribution in [-0.2, 0) is 7.05 Å². The first-order valence-electron chi connectivity index (χ1n) is 4.81. The van der Waals surface area contributed by atoms with Gasteiger partial charge >= 0.3 is 0 Å². The summed E-state index contributed by atoms with van der Waals surface area (Å²) in [4.78, 5) is 1.10. The summed E-state index contributed by atoms with van der Waals surface area (Å²) in [7, 11) is 3.53. The molecule has 0 saturated heterocycles. The molecule has 86 valence electrons. The summed E-state index contributed by atoms with van der Waals surface area (Å²) in [6, 6.07) is 1.94. The van der Waals surface area contributed by atoms with Crippen LogP contribution in [0.25, 0.3) is 0 Å². The van der Waals surface area contributed by atoms with E-state index in [0.29, 0.717) is 0 Å². The van der Waals surface area contributed by atoms with E-state index >= 15 is 0 Å². The maximum absolute atomic E-state index is 5.58. The predicted molar refractivity (Wildman–Crippen MR) is 63.2 cm³/mol. The predicted octanol–water partition coefficient (Wildman–Crippen LogP) is 1.04. The molecule has 0 amide bonds. The Morgan fingerprint density at radius 3 is 2.94 bits per heavy atom. The van der Waals surface area contributed by atoms with Crippen molar-refractivity contribution in [2.45, 2.75) is 6.04 Å². The number of nitrogens with one attached hydrogen (secondary N) is 1. The van der Waals surface area contributed by atoms with Crippen LogP contribution in [0.2, 0.25) is 0 Å². The molecule has 0 bridgehead atoms. The second-order valence-corrected chi connectivity index (χ2v) is 4.38. The van der Waals surface area contributed by atoms with Gasteiger partial charge in [-0.2, -0.15) is 5.10 Å². The number of ether oxygens (including phenoxy) is 1. The second kappa shape index (κ2) is 4.65. The van der Waals surface area contributed by atoms with Gasteiger partial charge < -0.3 is 4.74 Å². The Balaban J connectivity index is 2.28. The van der Waals surface area contributed by atoms with Gasteiger partial charge in [-0.3, -0.25) is 10.5 Å². The molecule has 0 aliphatic heterocycles. The summed E-state index contributed by atoms with van der Waals surface area (Å²) < 4.78 is 6.91. The van der Waals surface area contributed by atoms with E-state index in [1.807, 2.05) is 24.7 Å². The summed E-state index contributed by atoms with van der Waals surface area (Å²) in [6.45, 7) is 0. The van der Waals surface area contributed by atoms with E-state index in [0.717, 1.165) is 16.2 Å². The maximum Gasteiger partial charge on any atom is 0.129 e. The van der Waals surface area contributed by atoms with Crippen LogP contribution in [0.5, 0.6) is 5.75 Å². The third-order valence-electron chi connectivity index (χ3n) is 2.34. The molecule has 0 aliphatic carbocycles. The molecule has 0 spiro atoms. The Kier molecular flexibility index (Phi) is 3.23. The fourth-order valence-corrected chi connectivity index (χ4v) is 2.47. The van der Waals surface area contributed by atoms with E-state index in [1.54, 1.807) is 29.3 Å². The number of thiophene rings is 1. The van der Waals surface area contributed by atoms with Crippen LogP contribution >= 0.6 is 11.3 Å². The van der Waals surface area contributed by atoms with Crippen LogP contribution in [0, 0.1) is 0 Å². The molecule has 0 radical (unpaired) electrons. The number of aromatic nitrogens is 2. The van der Waals surface area contributed by atoms with E-state index < -0.39 is 0 Å². The number of aryl methyl sites for hydroxylation is 1. The second-order valence-electron chi connectivity index (χ2n) is 3.44. The Bertz CT molecular complexity index is 465. The van der Waals surface area contributed by atoms with Gasteiger partial charge in [-0.15, -0.1) is 11.3 Å². The molecule has 16 heavy (non-hydrogen) atoms. The zero-order chi connectivity index (χ0) is 11.5. The standard InChI is InChI=1S/C10H14N4OS/c1-14-5-7(4-12-14)10(13-11)9-3-8(15-2)6-16-9/h3-6,10,13H,11H2,1-2H3. The number of hydrogen-bond acceptors (Lipinski definition) is 5. The normalized spacial score (nSPS) is 12.7. The summed E-state index contributed by atoms with van der Waals surface area (Å²) in [6.07, 6.45) is 3.74. The fourth-order valence-electron chi connectivity index (χ4n) is 1.52. The molecule has 0 aliphatic rings. The van der Waals surface area contributed by atoms with Crippen LogP contribution in [-0.4, -0.2) is 16.9 Å². The minimum Gasteiger partial charge on any atom is -0.496 e. The maximum atomic E-state index is 5.58. The van der Waals surface area contributed by atoms with Crippen molar-refractivity contribution in [2.24, 2.45) is 12.9 Å². The summed E-state index contributed by atoms with van der Waals surface area (Å²) in [5.74, 6) is 6.43. The molecule has 0 aromatic carbocycles. The van der Waals surface area contributed by atoms with E-state index in [9.17, 15) is 0 Å². The summed E-state index contributed by atoms with van der Waals surface area (Å²) >= 11 is 1.61. The van der Waals surface area contributed by atoms with Crippen LogP contribution in [0.3, 0.4) is 0 Å². The van der Waals surface area contributed by atoms with E-state index in [2.05, 4.69) is 10.5 Å². The molecule has 1 atom stereocenters. The average Bonchev–Trinajstić information content (AvgIpc) is 2.89. The molecule has 2 aromatic heterocycles. The highest BCUT2D eigenvalue weighted by Crippen LogP contribution is 2.30.